The van der Waals surface area contributed by atoms with Crippen LogP contribution in [0.5, 0.6) is 0 Å². The number of benzene rings is 1. The molecule has 3 nitrogen and oxygen atoms in total. The second-order valence-electron chi connectivity index (χ2n) is 2.71. The van der Waals surface area contributed by atoms with Gasteiger partial charge in [0, 0.05) is 15.7 Å². The summed E-state index contributed by atoms with van der Waals surface area (Å²) in [5.74, 6) is -0.855. The molecule has 5 heteroatoms. The molecule has 0 fully saturated rings. The van der Waals surface area contributed by atoms with E-state index >= 15 is 0 Å². The first-order valence-electron chi connectivity index (χ1n) is 3.84. The number of esters is 1. The molecule has 0 saturated heterocycles. The summed E-state index contributed by atoms with van der Waals surface area (Å²) in [6.45, 7) is 0. The molecule has 0 aliphatic rings. The van der Waals surface area contributed by atoms with Crippen molar-refractivity contribution < 1.29 is 13.9 Å². The molecule has 0 heterocycles. The van der Waals surface area contributed by atoms with Crippen LogP contribution in [0.15, 0.2) is 16.6 Å². The van der Waals surface area contributed by atoms with Gasteiger partial charge >= 0.3 is 5.97 Å². The second kappa shape index (κ2) is 4.41. The van der Waals surface area contributed by atoms with Gasteiger partial charge in [-0.15, -0.1) is 0 Å². The maximum absolute atomic E-state index is 12.8. The largest absolute Gasteiger partial charge is 0.469 e. The first-order chi connectivity index (χ1) is 6.54. The fraction of sp³-hybridized carbons (Fsp3) is 0.222. The van der Waals surface area contributed by atoms with Gasteiger partial charge in [-0.2, -0.15) is 0 Å². The number of nitrogens with two attached hydrogens (primary N) is 1. The van der Waals surface area contributed by atoms with Crippen molar-refractivity contribution in [2.45, 2.75) is 6.42 Å². The Morgan fingerprint density at radius 2 is 2.29 bits per heavy atom. The molecule has 0 spiro atoms. The van der Waals surface area contributed by atoms with Gasteiger partial charge < -0.3 is 10.5 Å². The molecule has 0 aromatic heterocycles. The standard InChI is InChI=1S/C9H9BrFNO2/c1-14-9(13)4-6-7(10)2-5(11)3-8(6)12/h2-3H,4,12H2,1H3. The van der Waals surface area contributed by atoms with E-state index in [-0.39, 0.29) is 12.1 Å². The Hall–Kier alpha value is -1.10. The van der Waals surface area contributed by atoms with Crippen LogP contribution in [-0.2, 0) is 16.0 Å². The van der Waals surface area contributed by atoms with Crippen molar-refractivity contribution in [2.75, 3.05) is 12.8 Å². The Morgan fingerprint density at radius 3 is 2.79 bits per heavy atom. The highest BCUT2D eigenvalue weighted by Gasteiger charge is 2.11. The van der Waals surface area contributed by atoms with Crippen LogP contribution in [0.3, 0.4) is 0 Å². The first-order valence-corrected chi connectivity index (χ1v) is 4.64. The maximum atomic E-state index is 12.8. The summed E-state index contributed by atoms with van der Waals surface area (Å²) in [5.41, 5.74) is 6.33. The number of anilines is 1. The molecule has 76 valence electrons. The van der Waals surface area contributed by atoms with Gasteiger partial charge in [0.15, 0.2) is 0 Å². The summed E-state index contributed by atoms with van der Waals surface area (Å²) in [5, 5.41) is 0. The lowest BCUT2D eigenvalue weighted by Crippen LogP contribution is -2.07. The quantitative estimate of drug-likeness (QED) is 0.654. The predicted octanol–water partition coefficient (Wildman–Crippen LogP) is 1.89. The monoisotopic (exact) mass is 261 g/mol. The molecule has 0 atom stereocenters. The minimum Gasteiger partial charge on any atom is -0.469 e. The molecular formula is C9H9BrFNO2. The number of rotatable bonds is 2. The van der Waals surface area contributed by atoms with Crippen molar-refractivity contribution in [3.63, 3.8) is 0 Å². The van der Waals surface area contributed by atoms with E-state index in [0.29, 0.717) is 10.0 Å². The average molecular weight is 262 g/mol. The van der Waals surface area contributed by atoms with Gasteiger partial charge in [-0.1, -0.05) is 15.9 Å². The average Bonchev–Trinajstić information content (AvgIpc) is 2.10. The van der Waals surface area contributed by atoms with E-state index in [9.17, 15) is 9.18 Å². The summed E-state index contributed by atoms with van der Waals surface area (Å²) >= 11 is 3.13. The maximum Gasteiger partial charge on any atom is 0.310 e. The highest BCUT2D eigenvalue weighted by molar-refractivity contribution is 9.10. The van der Waals surface area contributed by atoms with Crippen LogP contribution in [-0.4, -0.2) is 13.1 Å². The molecule has 14 heavy (non-hydrogen) atoms. The molecule has 0 amide bonds. The summed E-state index contributed by atoms with van der Waals surface area (Å²) in [6.07, 6.45) is 0.0309. The van der Waals surface area contributed by atoms with Crippen LogP contribution in [0.1, 0.15) is 5.56 Å². The molecule has 1 rings (SSSR count). The van der Waals surface area contributed by atoms with Crippen molar-refractivity contribution in [3.05, 3.63) is 28.0 Å². The number of halogens is 2. The Labute approximate surface area is 89.2 Å². The number of hydrogen-bond donors (Lipinski definition) is 1. The normalized spacial score (nSPS) is 9.93. The van der Waals surface area contributed by atoms with Crippen LogP contribution < -0.4 is 5.73 Å². The van der Waals surface area contributed by atoms with Crippen LogP contribution in [0.4, 0.5) is 10.1 Å². The van der Waals surface area contributed by atoms with Crippen LogP contribution in [0.25, 0.3) is 0 Å². The van der Waals surface area contributed by atoms with E-state index in [0.717, 1.165) is 0 Å². The summed E-state index contributed by atoms with van der Waals surface area (Å²) in [7, 11) is 1.29. The zero-order valence-electron chi connectivity index (χ0n) is 7.51. The number of ether oxygens (including phenoxy) is 1. The molecule has 2 N–H and O–H groups in total. The van der Waals surface area contributed by atoms with E-state index < -0.39 is 11.8 Å². The van der Waals surface area contributed by atoms with Gasteiger partial charge in [0.25, 0.3) is 0 Å². The van der Waals surface area contributed by atoms with Crippen molar-refractivity contribution >= 4 is 27.6 Å². The number of nitrogen functional groups attached to an aromatic ring is 1. The third-order valence-electron chi connectivity index (χ3n) is 1.74. The predicted molar refractivity (Wildman–Crippen MR) is 54.2 cm³/mol. The molecule has 0 aliphatic carbocycles. The van der Waals surface area contributed by atoms with Crippen molar-refractivity contribution in [1.82, 2.24) is 0 Å². The Morgan fingerprint density at radius 1 is 1.64 bits per heavy atom. The minimum atomic E-state index is -0.442. The lowest BCUT2D eigenvalue weighted by molar-refractivity contribution is -0.139. The lowest BCUT2D eigenvalue weighted by Gasteiger charge is -2.07. The summed E-state index contributed by atoms with van der Waals surface area (Å²) in [6, 6.07) is 2.43. The summed E-state index contributed by atoms with van der Waals surface area (Å²) in [4.78, 5) is 11.0. The molecule has 0 radical (unpaired) electrons. The van der Waals surface area contributed by atoms with Crippen LogP contribution in [0, 0.1) is 5.82 Å². The van der Waals surface area contributed by atoms with Gasteiger partial charge in [-0.3, -0.25) is 4.79 Å². The molecule has 0 unspecified atom stereocenters. The van der Waals surface area contributed by atoms with Gasteiger partial charge in [-0.05, 0) is 12.1 Å². The summed E-state index contributed by atoms with van der Waals surface area (Å²) < 4.78 is 17.8. The fourth-order valence-electron chi connectivity index (χ4n) is 1.03. The highest BCUT2D eigenvalue weighted by Crippen LogP contribution is 2.25. The van der Waals surface area contributed by atoms with E-state index in [4.69, 9.17) is 5.73 Å². The number of carbonyl (C=O) groups excluding carboxylic acids is 1. The molecule has 0 saturated carbocycles. The molecule has 0 bridgehead atoms. The topological polar surface area (TPSA) is 52.3 Å². The third-order valence-corrected chi connectivity index (χ3v) is 2.45. The highest BCUT2D eigenvalue weighted by atomic mass is 79.9. The van der Waals surface area contributed by atoms with Crippen molar-refractivity contribution in [3.8, 4) is 0 Å². The third kappa shape index (κ3) is 2.45. The van der Waals surface area contributed by atoms with Crippen LogP contribution >= 0.6 is 15.9 Å². The number of hydrogen-bond acceptors (Lipinski definition) is 3. The van der Waals surface area contributed by atoms with E-state index in [2.05, 4.69) is 20.7 Å². The second-order valence-corrected chi connectivity index (χ2v) is 3.56. The van der Waals surface area contributed by atoms with E-state index in [1.54, 1.807) is 0 Å². The zero-order chi connectivity index (χ0) is 10.7. The van der Waals surface area contributed by atoms with Crippen molar-refractivity contribution in [2.24, 2.45) is 0 Å². The molecular weight excluding hydrogens is 253 g/mol. The van der Waals surface area contributed by atoms with Crippen molar-refractivity contribution in [1.29, 1.82) is 0 Å². The van der Waals surface area contributed by atoms with Gasteiger partial charge in [0.1, 0.15) is 5.82 Å². The fourth-order valence-corrected chi connectivity index (χ4v) is 1.61. The van der Waals surface area contributed by atoms with E-state index in [1.807, 2.05) is 0 Å². The van der Waals surface area contributed by atoms with Gasteiger partial charge in [0.05, 0.1) is 13.5 Å². The number of methoxy groups -OCH3 is 1. The Kier molecular flexibility index (Phi) is 3.46. The molecule has 1 aromatic rings. The minimum absolute atomic E-state index is 0.0309. The first kappa shape index (κ1) is 11.0. The zero-order valence-corrected chi connectivity index (χ0v) is 9.10. The number of carbonyl (C=O) groups is 1. The lowest BCUT2D eigenvalue weighted by atomic mass is 10.1. The molecule has 0 aliphatic heterocycles. The smallest absolute Gasteiger partial charge is 0.310 e. The van der Waals surface area contributed by atoms with Gasteiger partial charge in [-0.25, -0.2) is 4.39 Å². The van der Waals surface area contributed by atoms with Crippen LogP contribution in [0.2, 0.25) is 0 Å². The Balaban J connectivity index is 3.02. The van der Waals surface area contributed by atoms with E-state index in [1.165, 1.54) is 19.2 Å². The van der Waals surface area contributed by atoms with Gasteiger partial charge in [0.2, 0.25) is 0 Å². The molecule has 1 aromatic carbocycles. The SMILES string of the molecule is COC(=O)Cc1c(N)cc(F)cc1Br. The Bertz CT molecular complexity index is 345.